The van der Waals surface area contributed by atoms with Gasteiger partial charge < -0.3 is 10.2 Å². The van der Waals surface area contributed by atoms with Crippen LogP contribution in [0.5, 0.6) is 0 Å². The van der Waals surface area contributed by atoms with Gasteiger partial charge in [0.25, 0.3) is 0 Å². The van der Waals surface area contributed by atoms with Crippen molar-refractivity contribution in [3.63, 3.8) is 0 Å². The van der Waals surface area contributed by atoms with Gasteiger partial charge in [-0.05, 0) is 61.4 Å². The molecule has 1 N–H and O–H groups in total. The summed E-state index contributed by atoms with van der Waals surface area (Å²) in [5.74, 6) is -0.366. The highest BCUT2D eigenvalue weighted by molar-refractivity contribution is 7.92. The summed E-state index contributed by atoms with van der Waals surface area (Å²) in [4.78, 5) is 28.5. The highest BCUT2D eigenvalue weighted by atomic mass is 32.2. The van der Waals surface area contributed by atoms with Gasteiger partial charge in [-0.25, -0.2) is 8.42 Å². The van der Waals surface area contributed by atoms with Gasteiger partial charge in [0, 0.05) is 12.6 Å². The number of carbonyl (C=O) groups excluding carboxylic acids is 2. The van der Waals surface area contributed by atoms with Crippen LogP contribution in [0.15, 0.2) is 48.5 Å². The first kappa shape index (κ1) is 29.4. The molecule has 0 heterocycles. The second-order valence-corrected chi connectivity index (χ2v) is 11.6. The van der Waals surface area contributed by atoms with Crippen LogP contribution < -0.4 is 9.62 Å². The maximum Gasteiger partial charge on any atom is 0.244 e. The molecule has 2 aromatic carbocycles. The lowest BCUT2D eigenvalue weighted by atomic mass is 10.0. The van der Waals surface area contributed by atoms with Crippen LogP contribution in [-0.2, 0) is 26.2 Å². The summed E-state index contributed by atoms with van der Waals surface area (Å²) >= 11 is 0. The summed E-state index contributed by atoms with van der Waals surface area (Å²) in [5, 5.41) is 2.98. The van der Waals surface area contributed by atoms with E-state index in [1.807, 2.05) is 64.1 Å². The number of sulfonamides is 1. The molecule has 0 unspecified atom stereocenters. The number of benzene rings is 2. The molecule has 8 heteroatoms. The fourth-order valence-electron chi connectivity index (χ4n) is 3.97. The SMILES string of the molecule is CC[C@H](C)NC(=O)[C@H](CC)N(Cc1ccccc1C)C(=O)CN(c1ccc(C(C)C)cc1)S(C)(=O)=O. The predicted molar refractivity (Wildman–Crippen MR) is 146 cm³/mol. The summed E-state index contributed by atoms with van der Waals surface area (Å²) in [7, 11) is -3.75. The Morgan fingerprint density at radius 3 is 2.06 bits per heavy atom. The molecule has 0 bridgehead atoms. The van der Waals surface area contributed by atoms with E-state index in [1.165, 1.54) is 4.90 Å². The zero-order chi connectivity index (χ0) is 27.0. The number of carbonyl (C=O) groups is 2. The highest BCUT2D eigenvalue weighted by Gasteiger charge is 2.32. The van der Waals surface area contributed by atoms with E-state index in [9.17, 15) is 18.0 Å². The molecule has 0 saturated carbocycles. The molecule has 0 radical (unpaired) electrons. The molecule has 0 aliphatic carbocycles. The molecule has 2 atom stereocenters. The largest absolute Gasteiger partial charge is 0.352 e. The third-order valence-corrected chi connectivity index (χ3v) is 7.66. The third-order valence-electron chi connectivity index (χ3n) is 6.52. The molecular weight excluding hydrogens is 474 g/mol. The monoisotopic (exact) mass is 515 g/mol. The minimum Gasteiger partial charge on any atom is -0.352 e. The lowest BCUT2D eigenvalue weighted by molar-refractivity contribution is -0.140. The van der Waals surface area contributed by atoms with Crippen molar-refractivity contribution >= 4 is 27.5 Å². The summed E-state index contributed by atoms with van der Waals surface area (Å²) in [5.41, 5.74) is 3.40. The molecule has 0 aromatic heterocycles. The lowest BCUT2D eigenvalue weighted by Crippen LogP contribution is -2.53. The number of rotatable bonds is 12. The van der Waals surface area contributed by atoms with Gasteiger partial charge in [-0.1, -0.05) is 64.1 Å². The molecule has 0 saturated heterocycles. The molecule has 0 fully saturated rings. The molecule has 2 amide bonds. The van der Waals surface area contributed by atoms with Gasteiger partial charge in [-0.2, -0.15) is 0 Å². The Morgan fingerprint density at radius 1 is 0.944 bits per heavy atom. The van der Waals surface area contributed by atoms with Crippen molar-refractivity contribution in [2.75, 3.05) is 17.1 Å². The fraction of sp³-hybridized carbons (Fsp3) is 0.500. The molecule has 7 nitrogen and oxygen atoms in total. The van der Waals surface area contributed by atoms with E-state index in [0.29, 0.717) is 18.0 Å². The Bertz CT molecular complexity index is 1130. The molecule has 0 aliphatic heterocycles. The van der Waals surface area contributed by atoms with E-state index >= 15 is 0 Å². The van der Waals surface area contributed by atoms with Crippen molar-refractivity contribution in [1.29, 1.82) is 0 Å². The number of hydrogen-bond acceptors (Lipinski definition) is 4. The molecule has 198 valence electrons. The summed E-state index contributed by atoms with van der Waals surface area (Å²) in [6.07, 6.45) is 2.26. The van der Waals surface area contributed by atoms with Crippen LogP contribution >= 0.6 is 0 Å². The predicted octanol–water partition coefficient (Wildman–Crippen LogP) is 4.61. The second-order valence-electron chi connectivity index (χ2n) is 9.71. The summed E-state index contributed by atoms with van der Waals surface area (Å²) in [6.45, 7) is 11.7. The van der Waals surface area contributed by atoms with E-state index < -0.39 is 28.5 Å². The van der Waals surface area contributed by atoms with E-state index in [0.717, 1.165) is 33.7 Å². The Kier molecular flexibility index (Phi) is 10.5. The molecule has 36 heavy (non-hydrogen) atoms. The van der Waals surface area contributed by atoms with E-state index in [-0.39, 0.29) is 18.5 Å². The van der Waals surface area contributed by atoms with Crippen LogP contribution in [0.3, 0.4) is 0 Å². The van der Waals surface area contributed by atoms with Crippen LogP contribution in [0.25, 0.3) is 0 Å². The van der Waals surface area contributed by atoms with Gasteiger partial charge in [0.15, 0.2) is 0 Å². The Balaban J connectivity index is 2.45. The van der Waals surface area contributed by atoms with Crippen molar-refractivity contribution in [1.82, 2.24) is 10.2 Å². The number of aryl methyl sites for hydroxylation is 1. The topological polar surface area (TPSA) is 86.8 Å². The number of nitrogens with zero attached hydrogens (tertiary/aromatic N) is 2. The third kappa shape index (κ3) is 7.82. The number of amides is 2. The standard InChI is InChI=1S/C28H41N3O4S/c1-8-22(6)29-28(33)26(9-2)30(18-24-13-11-10-12-21(24)5)27(32)19-31(36(7,34)35)25-16-14-23(15-17-25)20(3)4/h10-17,20,22,26H,8-9,18-19H2,1-7H3,(H,29,33)/t22-,26-/m0/s1. The number of nitrogens with one attached hydrogen (secondary N) is 1. The first-order chi connectivity index (χ1) is 16.9. The van der Waals surface area contributed by atoms with Gasteiger partial charge >= 0.3 is 0 Å². The van der Waals surface area contributed by atoms with E-state index in [2.05, 4.69) is 19.2 Å². The van der Waals surface area contributed by atoms with Gasteiger partial charge in [0.2, 0.25) is 21.8 Å². The molecule has 0 aliphatic rings. The number of hydrogen-bond donors (Lipinski definition) is 1. The Labute approximate surface area is 216 Å². The summed E-state index contributed by atoms with van der Waals surface area (Å²) in [6, 6.07) is 14.1. The minimum atomic E-state index is -3.75. The first-order valence-electron chi connectivity index (χ1n) is 12.6. The maximum atomic E-state index is 13.8. The zero-order valence-corrected chi connectivity index (χ0v) is 23.4. The average molecular weight is 516 g/mol. The second kappa shape index (κ2) is 12.9. The van der Waals surface area contributed by atoms with E-state index in [4.69, 9.17) is 0 Å². The van der Waals surface area contributed by atoms with Gasteiger partial charge in [-0.3, -0.25) is 13.9 Å². The fourth-order valence-corrected chi connectivity index (χ4v) is 4.82. The maximum absolute atomic E-state index is 13.8. The minimum absolute atomic E-state index is 0.0334. The molecule has 2 rings (SSSR count). The van der Waals surface area contributed by atoms with Crippen molar-refractivity contribution < 1.29 is 18.0 Å². The first-order valence-corrected chi connectivity index (χ1v) is 14.5. The van der Waals surface area contributed by atoms with Crippen molar-refractivity contribution in [3.8, 4) is 0 Å². The van der Waals surface area contributed by atoms with Crippen LogP contribution in [0.1, 0.15) is 70.1 Å². The molecule has 2 aromatic rings. The van der Waals surface area contributed by atoms with Crippen molar-refractivity contribution in [2.45, 2.75) is 78.9 Å². The van der Waals surface area contributed by atoms with Crippen molar-refractivity contribution in [2.24, 2.45) is 0 Å². The van der Waals surface area contributed by atoms with Gasteiger partial charge in [-0.15, -0.1) is 0 Å². The molecule has 0 spiro atoms. The average Bonchev–Trinajstić information content (AvgIpc) is 2.82. The highest BCUT2D eigenvalue weighted by Crippen LogP contribution is 2.23. The smallest absolute Gasteiger partial charge is 0.244 e. The van der Waals surface area contributed by atoms with Gasteiger partial charge in [0.05, 0.1) is 11.9 Å². The zero-order valence-electron chi connectivity index (χ0n) is 22.6. The quantitative estimate of drug-likeness (QED) is 0.447. The normalized spacial score (nSPS) is 13.2. The van der Waals surface area contributed by atoms with Crippen LogP contribution in [0.2, 0.25) is 0 Å². The Hall–Kier alpha value is -2.87. The van der Waals surface area contributed by atoms with E-state index in [1.54, 1.807) is 12.1 Å². The molecular formula is C28H41N3O4S. The van der Waals surface area contributed by atoms with Crippen LogP contribution in [0, 0.1) is 6.92 Å². The Morgan fingerprint density at radius 2 is 1.56 bits per heavy atom. The van der Waals surface area contributed by atoms with Crippen LogP contribution in [0.4, 0.5) is 5.69 Å². The van der Waals surface area contributed by atoms with Gasteiger partial charge in [0.1, 0.15) is 12.6 Å². The van der Waals surface area contributed by atoms with Crippen LogP contribution in [-0.4, -0.2) is 50.0 Å². The lowest BCUT2D eigenvalue weighted by Gasteiger charge is -2.33. The summed E-state index contributed by atoms with van der Waals surface area (Å²) < 4.78 is 26.6. The van der Waals surface area contributed by atoms with Crippen molar-refractivity contribution in [3.05, 3.63) is 65.2 Å². The number of anilines is 1.